The average Bonchev–Trinajstić information content (AvgIpc) is 3.43. The standard InChI is InChI=1S/C25H32N4O3/c1-24(2)16-10-12-25(3,14-16)22(24)26-21(30)20-18-15-28(23(31)32-4)13-11-19(18)29(27-20)17-8-6-5-7-9-17/h5-9,16,22H,10-15H2,1-4H3,(H,26,30). The van der Waals surface area contributed by atoms with Gasteiger partial charge in [0.05, 0.1) is 25.0 Å². The lowest BCUT2D eigenvalue weighted by molar-refractivity contribution is 0.0729. The molecule has 0 radical (unpaired) electrons. The predicted molar refractivity (Wildman–Crippen MR) is 121 cm³/mol. The number of hydrogen-bond acceptors (Lipinski definition) is 4. The smallest absolute Gasteiger partial charge is 0.409 e. The summed E-state index contributed by atoms with van der Waals surface area (Å²) in [4.78, 5) is 27.5. The zero-order valence-corrected chi connectivity index (χ0v) is 19.4. The van der Waals surface area contributed by atoms with Crippen LogP contribution in [0.5, 0.6) is 0 Å². The first kappa shape index (κ1) is 21.0. The minimum absolute atomic E-state index is 0.0583. The van der Waals surface area contributed by atoms with Gasteiger partial charge in [0.1, 0.15) is 0 Å². The number of fused-ring (bicyclic) bond motifs is 3. The molecular formula is C25H32N4O3. The first-order chi connectivity index (χ1) is 15.2. The fourth-order valence-electron chi connectivity index (χ4n) is 6.53. The van der Waals surface area contributed by atoms with E-state index in [0.29, 0.717) is 31.1 Å². The molecule has 1 aromatic heterocycles. The lowest BCUT2D eigenvalue weighted by Crippen LogP contribution is -2.52. The maximum atomic E-state index is 13.6. The van der Waals surface area contributed by atoms with Crippen molar-refractivity contribution >= 4 is 12.0 Å². The van der Waals surface area contributed by atoms with Crippen molar-refractivity contribution in [1.29, 1.82) is 0 Å². The minimum atomic E-state index is -0.379. The number of para-hydroxylation sites is 1. The zero-order valence-electron chi connectivity index (χ0n) is 19.4. The van der Waals surface area contributed by atoms with Gasteiger partial charge in [0, 0.05) is 24.6 Å². The number of hydrogen-bond donors (Lipinski definition) is 1. The number of carbonyl (C=O) groups is 2. The molecule has 7 nitrogen and oxygen atoms in total. The molecule has 5 rings (SSSR count). The summed E-state index contributed by atoms with van der Waals surface area (Å²) in [6, 6.07) is 9.98. The van der Waals surface area contributed by atoms with Crippen LogP contribution >= 0.6 is 0 Å². The summed E-state index contributed by atoms with van der Waals surface area (Å²) in [5.74, 6) is 0.498. The molecule has 2 aliphatic carbocycles. The third-order valence-electron chi connectivity index (χ3n) is 8.25. The molecule has 2 aromatic rings. The van der Waals surface area contributed by atoms with Gasteiger partial charge in [-0.15, -0.1) is 0 Å². The van der Waals surface area contributed by atoms with E-state index in [1.807, 2.05) is 35.0 Å². The number of benzene rings is 1. The van der Waals surface area contributed by atoms with Crippen LogP contribution in [0.3, 0.4) is 0 Å². The van der Waals surface area contributed by atoms with E-state index < -0.39 is 0 Å². The average molecular weight is 437 g/mol. The summed E-state index contributed by atoms with van der Waals surface area (Å²) < 4.78 is 6.80. The third-order valence-corrected chi connectivity index (χ3v) is 8.25. The van der Waals surface area contributed by atoms with Crippen LogP contribution in [-0.4, -0.2) is 46.4 Å². The number of nitrogens with one attached hydrogen (secondary N) is 1. The summed E-state index contributed by atoms with van der Waals surface area (Å²) in [5, 5.41) is 8.16. The van der Waals surface area contributed by atoms with Crippen molar-refractivity contribution in [2.75, 3.05) is 13.7 Å². The van der Waals surface area contributed by atoms with Crippen molar-refractivity contribution in [3.63, 3.8) is 0 Å². The van der Waals surface area contributed by atoms with Gasteiger partial charge in [-0.05, 0) is 48.1 Å². The molecule has 0 saturated heterocycles. The Morgan fingerprint density at radius 2 is 1.94 bits per heavy atom. The van der Waals surface area contributed by atoms with Crippen molar-refractivity contribution in [2.45, 2.75) is 59.0 Å². The predicted octanol–water partition coefficient (Wildman–Crippen LogP) is 3.94. The van der Waals surface area contributed by atoms with Gasteiger partial charge in [0.15, 0.2) is 5.69 Å². The van der Waals surface area contributed by atoms with Crippen LogP contribution in [0.4, 0.5) is 4.79 Å². The van der Waals surface area contributed by atoms with Gasteiger partial charge in [0.25, 0.3) is 5.91 Å². The van der Waals surface area contributed by atoms with Gasteiger partial charge < -0.3 is 15.0 Å². The Bertz CT molecular complexity index is 1060. The fraction of sp³-hybridized carbons (Fsp3) is 0.560. The molecule has 2 saturated carbocycles. The Morgan fingerprint density at radius 1 is 1.19 bits per heavy atom. The highest BCUT2D eigenvalue weighted by Gasteiger charge is 2.59. The Morgan fingerprint density at radius 3 is 2.59 bits per heavy atom. The normalized spacial score (nSPS) is 27.8. The van der Waals surface area contributed by atoms with E-state index in [1.54, 1.807) is 4.90 Å². The maximum absolute atomic E-state index is 13.6. The van der Waals surface area contributed by atoms with Gasteiger partial charge in [-0.2, -0.15) is 5.10 Å². The van der Waals surface area contributed by atoms with E-state index in [9.17, 15) is 9.59 Å². The van der Waals surface area contributed by atoms with Gasteiger partial charge in [-0.1, -0.05) is 39.0 Å². The highest BCUT2D eigenvalue weighted by Crippen LogP contribution is 2.62. The number of rotatable bonds is 3. The molecule has 32 heavy (non-hydrogen) atoms. The summed E-state index contributed by atoms with van der Waals surface area (Å²) in [6.45, 7) is 7.73. The molecule has 1 N–H and O–H groups in total. The summed E-state index contributed by atoms with van der Waals surface area (Å²) in [6.07, 6.45) is 3.79. The summed E-state index contributed by atoms with van der Waals surface area (Å²) in [7, 11) is 1.39. The summed E-state index contributed by atoms with van der Waals surface area (Å²) in [5.41, 5.74) is 3.32. The molecule has 1 aromatic carbocycles. The molecule has 2 bridgehead atoms. The van der Waals surface area contributed by atoms with E-state index in [0.717, 1.165) is 29.8 Å². The summed E-state index contributed by atoms with van der Waals surface area (Å²) >= 11 is 0. The molecule has 0 spiro atoms. The van der Waals surface area contributed by atoms with Gasteiger partial charge >= 0.3 is 6.09 Å². The topological polar surface area (TPSA) is 76.5 Å². The first-order valence-corrected chi connectivity index (χ1v) is 11.5. The lowest BCUT2D eigenvalue weighted by Gasteiger charge is -2.43. The second-order valence-electron chi connectivity index (χ2n) is 10.5. The monoisotopic (exact) mass is 436 g/mol. The van der Waals surface area contributed by atoms with Crippen LogP contribution in [-0.2, 0) is 17.7 Å². The number of amides is 2. The molecule has 3 aliphatic rings. The fourth-order valence-corrected chi connectivity index (χ4v) is 6.53. The van der Waals surface area contributed by atoms with Crippen LogP contribution in [0.2, 0.25) is 0 Å². The number of ether oxygens (including phenoxy) is 1. The van der Waals surface area contributed by atoms with Gasteiger partial charge in [-0.3, -0.25) is 4.79 Å². The second kappa shape index (κ2) is 7.36. The molecule has 170 valence electrons. The molecule has 2 fully saturated rings. The van der Waals surface area contributed by atoms with Gasteiger partial charge in [0.2, 0.25) is 0 Å². The quantitative estimate of drug-likeness (QED) is 0.791. The molecule has 2 heterocycles. The Hall–Kier alpha value is -2.83. The van der Waals surface area contributed by atoms with Crippen molar-refractivity contribution in [1.82, 2.24) is 20.0 Å². The number of methoxy groups -OCH3 is 1. The number of carbonyl (C=O) groups excluding carboxylic acids is 2. The van der Waals surface area contributed by atoms with Crippen LogP contribution in [0.15, 0.2) is 30.3 Å². The van der Waals surface area contributed by atoms with Crippen molar-refractivity contribution in [3.05, 3.63) is 47.3 Å². The van der Waals surface area contributed by atoms with Crippen LogP contribution in [0, 0.1) is 16.7 Å². The first-order valence-electron chi connectivity index (χ1n) is 11.5. The molecular weight excluding hydrogens is 404 g/mol. The number of nitrogens with zero attached hydrogens (tertiary/aromatic N) is 3. The maximum Gasteiger partial charge on any atom is 0.409 e. The van der Waals surface area contributed by atoms with Gasteiger partial charge in [-0.25, -0.2) is 9.48 Å². The van der Waals surface area contributed by atoms with E-state index in [-0.39, 0.29) is 28.9 Å². The van der Waals surface area contributed by atoms with E-state index in [4.69, 9.17) is 9.84 Å². The second-order valence-corrected chi connectivity index (χ2v) is 10.5. The zero-order chi connectivity index (χ0) is 22.7. The van der Waals surface area contributed by atoms with Crippen LogP contribution in [0.25, 0.3) is 5.69 Å². The van der Waals surface area contributed by atoms with Crippen LogP contribution < -0.4 is 5.32 Å². The Labute approximate surface area is 189 Å². The molecule has 3 unspecified atom stereocenters. The van der Waals surface area contributed by atoms with E-state index in [1.165, 1.54) is 13.5 Å². The third kappa shape index (κ3) is 3.12. The minimum Gasteiger partial charge on any atom is -0.453 e. The Kier molecular flexibility index (Phi) is 4.84. The number of aromatic nitrogens is 2. The largest absolute Gasteiger partial charge is 0.453 e. The highest BCUT2D eigenvalue weighted by atomic mass is 16.5. The molecule has 3 atom stereocenters. The van der Waals surface area contributed by atoms with Crippen molar-refractivity contribution < 1.29 is 14.3 Å². The highest BCUT2D eigenvalue weighted by molar-refractivity contribution is 5.94. The molecule has 2 amide bonds. The SMILES string of the molecule is COC(=O)N1CCc2c(c(C(=O)NC3C4(C)CCC(C4)C3(C)C)nn2-c2ccccc2)C1. The Balaban J connectivity index is 1.51. The van der Waals surface area contributed by atoms with Crippen LogP contribution in [0.1, 0.15) is 61.8 Å². The van der Waals surface area contributed by atoms with E-state index in [2.05, 4.69) is 26.1 Å². The molecule has 1 aliphatic heterocycles. The van der Waals surface area contributed by atoms with Crippen molar-refractivity contribution in [2.24, 2.45) is 16.7 Å². The van der Waals surface area contributed by atoms with Crippen molar-refractivity contribution in [3.8, 4) is 5.69 Å². The lowest BCUT2D eigenvalue weighted by atomic mass is 9.68. The van der Waals surface area contributed by atoms with E-state index >= 15 is 0 Å². The molecule has 7 heteroatoms.